The lowest BCUT2D eigenvalue weighted by atomic mass is 10.3. The highest BCUT2D eigenvalue weighted by Gasteiger charge is 2.29. The molecule has 0 bridgehead atoms. The Morgan fingerprint density at radius 2 is 2.24 bits per heavy atom. The fraction of sp³-hybridized carbons (Fsp3) is 0.900. The first-order valence-corrected chi connectivity index (χ1v) is 7.42. The van der Waals surface area contributed by atoms with Crippen LogP contribution in [-0.4, -0.2) is 56.7 Å². The summed E-state index contributed by atoms with van der Waals surface area (Å²) in [6, 6.07) is -0.129. The van der Waals surface area contributed by atoms with E-state index in [-0.39, 0.29) is 24.2 Å². The minimum Gasteiger partial charge on any atom is -0.378 e. The molecule has 1 aliphatic heterocycles. The first-order chi connectivity index (χ1) is 7.97. The number of hydrogen-bond donors (Lipinski definition) is 1. The van der Waals surface area contributed by atoms with Gasteiger partial charge in [0.15, 0.2) is 0 Å². The van der Waals surface area contributed by atoms with Crippen LogP contribution in [0.1, 0.15) is 20.3 Å². The van der Waals surface area contributed by atoms with Crippen molar-refractivity contribution in [1.29, 1.82) is 0 Å². The van der Waals surface area contributed by atoms with Gasteiger partial charge in [0.1, 0.15) is 0 Å². The van der Waals surface area contributed by atoms with E-state index in [1.54, 1.807) is 6.92 Å². The SMILES string of the molecule is CCC(=O)NCCS(=O)(=O)N1CCOCC1C. The Kier molecular flexibility index (Phi) is 5.35. The maximum atomic E-state index is 12.0. The third kappa shape index (κ3) is 4.25. The van der Waals surface area contributed by atoms with Gasteiger partial charge in [0.05, 0.1) is 19.0 Å². The topological polar surface area (TPSA) is 75.7 Å². The molecule has 0 spiro atoms. The van der Waals surface area contributed by atoms with Gasteiger partial charge in [-0.1, -0.05) is 6.92 Å². The molecule has 17 heavy (non-hydrogen) atoms. The molecule has 7 heteroatoms. The summed E-state index contributed by atoms with van der Waals surface area (Å²) in [5.41, 5.74) is 0. The molecule has 0 aromatic carbocycles. The van der Waals surface area contributed by atoms with Gasteiger partial charge in [-0.3, -0.25) is 4.79 Å². The summed E-state index contributed by atoms with van der Waals surface area (Å²) < 4.78 is 30.6. The number of carbonyl (C=O) groups excluding carboxylic acids is 1. The van der Waals surface area contributed by atoms with Gasteiger partial charge >= 0.3 is 0 Å². The molecule has 1 fully saturated rings. The fourth-order valence-corrected chi connectivity index (χ4v) is 3.24. The van der Waals surface area contributed by atoms with Crippen LogP contribution in [-0.2, 0) is 19.6 Å². The number of morpholine rings is 1. The lowest BCUT2D eigenvalue weighted by molar-refractivity contribution is -0.120. The van der Waals surface area contributed by atoms with Gasteiger partial charge in [-0.05, 0) is 6.92 Å². The third-order valence-corrected chi connectivity index (χ3v) is 4.64. The van der Waals surface area contributed by atoms with Crippen LogP contribution in [0.4, 0.5) is 0 Å². The number of nitrogens with one attached hydrogen (secondary N) is 1. The molecule has 1 heterocycles. The molecule has 0 aromatic heterocycles. The summed E-state index contributed by atoms with van der Waals surface area (Å²) >= 11 is 0. The van der Waals surface area contributed by atoms with Crippen molar-refractivity contribution in [2.24, 2.45) is 0 Å². The van der Waals surface area contributed by atoms with Crippen molar-refractivity contribution < 1.29 is 17.9 Å². The van der Waals surface area contributed by atoms with Crippen LogP contribution in [0.5, 0.6) is 0 Å². The standard InChI is InChI=1S/C10H20N2O4S/c1-3-10(13)11-4-7-17(14,15)12-5-6-16-8-9(12)2/h9H,3-8H2,1-2H3,(H,11,13). The monoisotopic (exact) mass is 264 g/mol. The molecule has 1 N–H and O–H groups in total. The zero-order valence-corrected chi connectivity index (χ0v) is 11.1. The van der Waals surface area contributed by atoms with Crippen LogP contribution >= 0.6 is 0 Å². The van der Waals surface area contributed by atoms with E-state index in [2.05, 4.69) is 5.32 Å². The number of hydrogen-bond acceptors (Lipinski definition) is 4. The normalized spacial score (nSPS) is 22.4. The van der Waals surface area contributed by atoms with E-state index < -0.39 is 10.0 Å². The fourth-order valence-electron chi connectivity index (χ4n) is 1.69. The lowest BCUT2D eigenvalue weighted by Gasteiger charge is -2.32. The number of ether oxygens (including phenoxy) is 1. The van der Waals surface area contributed by atoms with Crippen LogP contribution in [0.15, 0.2) is 0 Å². The summed E-state index contributed by atoms with van der Waals surface area (Å²) in [6.07, 6.45) is 0.369. The molecule has 100 valence electrons. The largest absolute Gasteiger partial charge is 0.378 e. The predicted molar refractivity (Wildman–Crippen MR) is 64.1 cm³/mol. The highest BCUT2D eigenvalue weighted by atomic mass is 32.2. The molecule has 0 radical (unpaired) electrons. The van der Waals surface area contributed by atoms with Gasteiger partial charge in [0, 0.05) is 25.6 Å². The molecule has 0 saturated carbocycles. The number of carbonyl (C=O) groups is 1. The van der Waals surface area contributed by atoms with Gasteiger partial charge in [-0.15, -0.1) is 0 Å². The second kappa shape index (κ2) is 6.32. The van der Waals surface area contributed by atoms with Crippen molar-refractivity contribution in [2.45, 2.75) is 26.3 Å². The van der Waals surface area contributed by atoms with Crippen molar-refractivity contribution in [3.8, 4) is 0 Å². The van der Waals surface area contributed by atoms with Gasteiger partial charge in [-0.25, -0.2) is 8.42 Å². The number of nitrogens with zero attached hydrogens (tertiary/aromatic N) is 1. The molecular weight excluding hydrogens is 244 g/mol. The van der Waals surface area contributed by atoms with Gasteiger partial charge < -0.3 is 10.1 Å². The zero-order chi connectivity index (χ0) is 12.9. The van der Waals surface area contributed by atoms with Crippen LogP contribution in [0.25, 0.3) is 0 Å². The van der Waals surface area contributed by atoms with E-state index >= 15 is 0 Å². The zero-order valence-electron chi connectivity index (χ0n) is 10.3. The Morgan fingerprint density at radius 1 is 1.53 bits per heavy atom. The highest BCUT2D eigenvalue weighted by molar-refractivity contribution is 7.89. The van der Waals surface area contributed by atoms with E-state index in [4.69, 9.17) is 4.74 Å². The molecule has 0 aliphatic carbocycles. The smallest absolute Gasteiger partial charge is 0.219 e. The minimum atomic E-state index is -3.30. The summed E-state index contributed by atoms with van der Waals surface area (Å²) in [6.45, 7) is 4.98. The quantitative estimate of drug-likeness (QED) is 0.730. The van der Waals surface area contributed by atoms with Crippen LogP contribution in [0, 0.1) is 0 Å². The third-order valence-electron chi connectivity index (χ3n) is 2.67. The van der Waals surface area contributed by atoms with E-state index in [0.717, 1.165) is 0 Å². The van der Waals surface area contributed by atoms with Gasteiger partial charge in [-0.2, -0.15) is 4.31 Å². The molecule has 1 unspecified atom stereocenters. The second-order valence-corrected chi connectivity index (χ2v) is 6.10. The summed E-state index contributed by atoms with van der Waals surface area (Å²) in [5.74, 6) is -0.182. The Hall–Kier alpha value is -0.660. The number of amides is 1. The number of rotatable bonds is 5. The Balaban J connectivity index is 2.47. The second-order valence-electron chi connectivity index (χ2n) is 4.05. The van der Waals surface area contributed by atoms with Crippen LogP contribution < -0.4 is 5.32 Å². The number of sulfonamides is 1. The summed E-state index contributed by atoms with van der Waals surface area (Å²) in [7, 11) is -3.30. The summed E-state index contributed by atoms with van der Waals surface area (Å²) in [5, 5.41) is 2.57. The van der Waals surface area contributed by atoms with Crippen LogP contribution in [0.2, 0.25) is 0 Å². The van der Waals surface area contributed by atoms with E-state index in [0.29, 0.717) is 26.2 Å². The molecule has 1 rings (SSSR count). The minimum absolute atomic E-state index is 0.0525. The highest BCUT2D eigenvalue weighted by Crippen LogP contribution is 2.11. The van der Waals surface area contributed by atoms with Crippen molar-refractivity contribution in [2.75, 3.05) is 32.1 Å². The molecule has 0 aromatic rings. The van der Waals surface area contributed by atoms with E-state index in [1.165, 1.54) is 4.31 Å². The molecule has 6 nitrogen and oxygen atoms in total. The Bertz CT molecular complexity index is 355. The molecule has 1 atom stereocenters. The molecule has 1 amide bonds. The average molecular weight is 264 g/mol. The average Bonchev–Trinajstić information content (AvgIpc) is 2.28. The van der Waals surface area contributed by atoms with Gasteiger partial charge in [0.25, 0.3) is 0 Å². The molecule has 1 saturated heterocycles. The van der Waals surface area contributed by atoms with E-state index in [9.17, 15) is 13.2 Å². The van der Waals surface area contributed by atoms with E-state index in [1.807, 2.05) is 6.92 Å². The van der Waals surface area contributed by atoms with Gasteiger partial charge in [0.2, 0.25) is 15.9 Å². The van der Waals surface area contributed by atoms with Crippen molar-refractivity contribution in [3.63, 3.8) is 0 Å². The lowest BCUT2D eigenvalue weighted by Crippen LogP contribution is -2.49. The van der Waals surface area contributed by atoms with Crippen molar-refractivity contribution >= 4 is 15.9 Å². The maximum Gasteiger partial charge on any atom is 0.219 e. The Morgan fingerprint density at radius 3 is 2.82 bits per heavy atom. The summed E-state index contributed by atoms with van der Waals surface area (Å²) in [4.78, 5) is 11.0. The Labute approximate surface area is 102 Å². The first kappa shape index (κ1) is 14.4. The maximum absolute atomic E-state index is 12.0. The van der Waals surface area contributed by atoms with Crippen molar-refractivity contribution in [3.05, 3.63) is 0 Å². The van der Waals surface area contributed by atoms with Crippen molar-refractivity contribution in [1.82, 2.24) is 9.62 Å². The first-order valence-electron chi connectivity index (χ1n) is 5.81. The molecule has 1 aliphatic rings. The predicted octanol–water partition coefficient (Wildman–Crippen LogP) is -0.437. The molecular formula is C10H20N2O4S. The van der Waals surface area contributed by atoms with Crippen LogP contribution in [0.3, 0.4) is 0 Å².